The number of anilines is 1. The zero-order valence-electron chi connectivity index (χ0n) is 20.1. The van der Waals surface area contributed by atoms with Gasteiger partial charge in [0, 0.05) is 35.6 Å². The third-order valence-electron chi connectivity index (χ3n) is 6.35. The first-order valence-electron chi connectivity index (χ1n) is 11.5. The highest BCUT2D eigenvalue weighted by atomic mass is 16.5. The maximum Gasteiger partial charge on any atom is 0.296 e. The maximum atomic E-state index is 14.1. The van der Waals surface area contributed by atoms with Crippen molar-refractivity contribution in [2.75, 3.05) is 18.6 Å². The molecule has 7 heteroatoms. The van der Waals surface area contributed by atoms with Gasteiger partial charge in [-0.1, -0.05) is 35.9 Å². The first kappa shape index (κ1) is 22.4. The molecule has 0 aliphatic heterocycles. The number of ether oxygens (including phenoxy) is 1. The number of hydrogen-bond donors (Lipinski definition) is 0. The van der Waals surface area contributed by atoms with Gasteiger partial charge in [0.1, 0.15) is 11.3 Å². The van der Waals surface area contributed by atoms with E-state index in [1.54, 1.807) is 12.0 Å². The number of hydrogen-bond acceptors (Lipinski definition) is 4. The second-order valence-corrected chi connectivity index (χ2v) is 8.45. The van der Waals surface area contributed by atoms with Crippen molar-refractivity contribution in [3.8, 4) is 11.4 Å². The van der Waals surface area contributed by atoms with Gasteiger partial charge in [0.25, 0.3) is 11.5 Å². The van der Waals surface area contributed by atoms with Gasteiger partial charge in [0.05, 0.1) is 12.8 Å². The van der Waals surface area contributed by atoms with Crippen LogP contribution in [-0.4, -0.2) is 33.9 Å². The molecule has 2 aromatic heterocycles. The number of rotatable bonds is 5. The molecule has 0 saturated heterocycles. The highest BCUT2D eigenvalue weighted by Gasteiger charge is 2.27. The van der Waals surface area contributed by atoms with Crippen molar-refractivity contribution in [3.63, 3.8) is 0 Å². The topological polar surface area (TPSA) is 69.4 Å². The zero-order valence-corrected chi connectivity index (χ0v) is 20.1. The normalized spacial score (nSPS) is 11.2. The lowest BCUT2D eigenvalue weighted by molar-refractivity contribution is 0.0983. The Morgan fingerprint density at radius 1 is 1.03 bits per heavy atom. The number of aryl methyl sites for hydroxylation is 2. The molecule has 176 valence electrons. The minimum absolute atomic E-state index is 0.213. The van der Waals surface area contributed by atoms with Crippen LogP contribution in [0.2, 0.25) is 0 Å². The van der Waals surface area contributed by atoms with E-state index in [-0.39, 0.29) is 17.2 Å². The third-order valence-corrected chi connectivity index (χ3v) is 6.35. The molecule has 0 radical (unpaired) electrons. The van der Waals surface area contributed by atoms with Crippen LogP contribution in [0.1, 0.15) is 23.0 Å². The molecule has 0 atom stereocenters. The van der Waals surface area contributed by atoms with E-state index in [0.29, 0.717) is 28.9 Å². The van der Waals surface area contributed by atoms with Gasteiger partial charge in [-0.25, -0.2) is 0 Å². The summed E-state index contributed by atoms with van der Waals surface area (Å²) in [4.78, 5) is 29.5. The summed E-state index contributed by atoms with van der Waals surface area (Å²) in [6.07, 6.45) is 0. The van der Waals surface area contributed by atoms with Crippen LogP contribution in [0.5, 0.6) is 5.75 Å². The Hall–Kier alpha value is -4.39. The molecule has 0 unspecified atom stereocenters. The van der Waals surface area contributed by atoms with Crippen molar-refractivity contribution < 1.29 is 9.53 Å². The monoisotopic (exact) mass is 466 g/mol. The smallest absolute Gasteiger partial charge is 0.296 e. The zero-order chi connectivity index (χ0) is 24.7. The van der Waals surface area contributed by atoms with E-state index in [2.05, 4.69) is 5.10 Å². The van der Waals surface area contributed by atoms with Crippen molar-refractivity contribution in [2.24, 2.45) is 7.05 Å². The fourth-order valence-electron chi connectivity index (χ4n) is 4.53. The highest BCUT2D eigenvalue weighted by Crippen LogP contribution is 2.32. The molecule has 0 aliphatic rings. The SMILES string of the molecule is CCN(C(=O)c1nn(-c2ccc(C)cc2)c(=O)c2c1c1cc(OC)ccc1n2C)c1ccccc1. The number of amides is 1. The quantitative estimate of drug-likeness (QED) is 0.371. The summed E-state index contributed by atoms with van der Waals surface area (Å²) in [6.45, 7) is 4.35. The van der Waals surface area contributed by atoms with Crippen LogP contribution < -0.4 is 15.2 Å². The van der Waals surface area contributed by atoms with Gasteiger partial charge >= 0.3 is 0 Å². The molecule has 35 heavy (non-hydrogen) atoms. The molecule has 0 bridgehead atoms. The van der Waals surface area contributed by atoms with E-state index in [0.717, 1.165) is 22.2 Å². The van der Waals surface area contributed by atoms with Crippen LogP contribution in [0.3, 0.4) is 0 Å². The molecule has 0 aliphatic carbocycles. The second kappa shape index (κ2) is 8.76. The molecule has 1 amide bonds. The van der Waals surface area contributed by atoms with Crippen LogP contribution >= 0.6 is 0 Å². The molecule has 0 saturated carbocycles. The summed E-state index contributed by atoms with van der Waals surface area (Å²) in [5, 5.41) is 5.94. The van der Waals surface area contributed by atoms with Gasteiger partial charge in [-0.2, -0.15) is 9.78 Å². The van der Waals surface area contributed by atoms with Crippen molar-refractivity contribution in [3.05, 3.63) is 94.4 Å². The van der Waals surface area contributed by atoms with Gasteiger partial charge < -0.3 is 14.2 Å². The number of para-hydroxylation sites is 1. The van der Waals surface area contributed by atoms with Gasteiger partial charge in [-0.15, -0.1) is 0 Å². The first-order chi connectivity index (χ1) is 16.9. The van der Waals surface area contributed by atoms with Crippen molar-refractivity contribution in [1.82, 2.24) is 14.3 Å². The van der Waals surface area contributed by atoms with Crippen molar-refractivity contribution in [1.29, 1.82) is 0 Å². The third kappa shape index (κ3) is 3.65. The summed E-state index contributed by atoms with van der Waals surface area (Å²) in [6, 6.07) is 22.6. The average molecular weight is 467 g/mol. The summed E-state index contributed by atoms with van der Waals surface area (Å²) < 4.78 is 8.60. The Morgan fingerprint density at radius 3 is 2.40 bits per heavy atom. The molecule has 0 spiro atoms. The Balaban J connectivity index is 1.88. The van der Waals surface area contributed by atoms with Gasteiger partial charge in [-0.3, -0.25) is 9.59 Å². The molecule has 5 aromatic rings. The van der Waals surface area contributed by atoms with Gasteiger partial charge in [0.15, 0.2) is 5.69 Å². The second-order valence-electron chi connectivity index (χ2n) is 8.45. The van der Waals surface area contributed by atoms with Crippen molar-refractivity contribution in [2.45, 2.75) is 13.8 Å². The minimum atomic E-state index is -0.291. The van der Waals surface area contributed by atoms with E-state index < -0.39 is 0 Å². The van der Waals surface area contributed by atoms with Gasteiger partial charge in [0.2, 0.25) is 0 Å². The maximum absolute atomic E-state index is 14.1. The molecule has 0 N–H and O–H groups in total. The Labute approximate surface area is 202 Å². The average Bonchev–Trinajstić information content (AvgIpc) is 3.18. The van der Waals surface area contributed by atoms with E-state index >= 15 is 0 Å². The van der Waals surface area contributed by atoms with Crippen LogP contribution in [0.25, 0.3) is 27.5 Å². The first-order valence-corrected chi connectivity index (χ1v) is 11.5. The standard InChI is InChI=1S/C28H26N4O3/c1-5-31(19-9-7-6-8-10-19)27(33)25-24-22-17-21(35-4)15-16-23(22)30(3)26(24)28(34)32(29-25)20-13-11-18(2)12-14-20/h6-17H,5H2,1-4H3. The van der Waals surface area contributed by atoms with Crippen LogP contribution in [0.15, 0.2) is 77.6 Å². The predicted octanol–water partition coefficient (Wildman–Crippen LogP) is 4.86. The van der Waals surface area contributed by atoms with Crippen LogP contribution in [0.4, 0.5) is 5.69 Å². The Morgan fingerprint density at radius 2 is 1.74 bits per heavy atom. The van der Waals surface area contributed by atoms with Gasteiger partial charge in [-0.05, 0) is 56.3 Å². The Kier molecular flexibility index (Phi) is 5.61. The minimum Gasteiger partial charge on any atom is -0.497 e. The lowest BCUT2D eigenvalue weighted by atomic mass is 10.1. The molecule has 5 rings (SSSR count). The number of aromatic nitrogens is 3. The summed E-state index contributed by atoms with van der Waals surface area (Å²) in [5.41, 5.74) is 3.58. The number of benzene rings is 3. The Bertz CT molecular complexity index is 1620. The van der Waals surface area contributed by atoms with Crippen LogP contribution in [0, 0.1) is 6.92 Å². The largest absolute Gasteiger partial charge is 0.497 e. The number of carbonyl (C=O) groups excluding carboxylic acids is 1. The summed E-state index contributed by atoms with van der Waals surface area (Å²) in [7, 11) is 3.43. The summed E-state index contributed by atoms with van der Waals surface area (Å²) >= 11 is 0. The molecular formula is C28H26N4O3. The molecule has 3 aromatic carbocycles. The van der Waals surface area contributed by atoms with E-state index in [1.807, 2.05) is 98.3 Å². The molecule has 0 fully saturated rings. The predicted molar refractivity (Wildman–Crippen MR) is 139 cm³/mol. The van der Waals surface area contributed by atoms with E-state index in [4.69, 9.17) is 4.74 Å². The fourth-order valence-corrected chi connectivity index (χ4v) is 4.53. The van der Waals surface area contributed by atoms with Crippen molar-refractivity contribution >= 4 is 33.4 Å². The highest BCUT2D eigenvalue weighted by molar-refractivity contribution is 6.20. The molecule has 7 nitrogen and oxygen atoms in total. The summed E-state index contributed by atoms with van der Waals surface area (Å²) in [5.74, 6) is 0.362. The number of nitrogens with zero attached hydrogens (tertiary/aromatic N) is 4. The van der Waals surface area contributed by atoms with Crippen LogP contribution in [-0.2, 0) is 7.05 Å². The number of carbonyl (C=O) groups is 1. The molecule has 2 heterocycles. The lowest BCUT2D eigenvalue weighted by Crippen LogP contribution is -2.34. The van der Waals surface area contributed by atoms with E-state index in [9.17, 15) is 9.59 Å². The number of fused-ring (bicyclic) bond motifs is 3. The fraction of sp³-hybridized carbons (Fsp3) is 0.179. The lowest BCUT2D eigenvalue weighted by Gasteiger charge is -2.21. The van der Waals surface area contributed by atoms with E-state index in [1.165, 1.54) is 4.68 Å². The number of methoxy groups -OCH3 is 1. The molecular weight excluding hydrogens is 440 g/mol.